The minimum atomic E-state index is -3.88. The molecule has 3 rings (SSSR count). The van der Waals surface area contributed by atoms with E-state index < -0.39 is 27.4 Å². The average Bonchev–Trinajstić information content (AvgIpc) is 2.66. The van der Waals surface area contributed by atoms with Gasteiger partial charge in [-0.15, -0.1) is 0 Å². The van der Waals surface area contributed by atoms with Crippen LogP contribution < -0.4 is 14.4 Å². The van der Waals surface area contributed by atoms with Crippen LogP contribution in [0.25, 0.3) is 0 Å². The van der Waals surface area contributed by atoms with Crippen LogP contribution in [0, 0.1) is 11.6 Å². The topological polar surface area (TPSA) is 107 Å². The van der Waals surface area contributed by atoms with Gasteiger partial charge in [-0.05, 0) is 17.7 Å². The number of nitrogens with zero attached hydrogens (tertiary/aromatic N) is 4. The number of halogens is 2. The standard InChI is InChI=1S/C16H19F2N5O4S/c1-26-16-21-14(20-15(22-16)23-2-4-27-5-3-23)9-19-28(24,25)10-11-6-12(17)8-13(18)7-11/h6-8,19H,2-5,9-10H2,1H3. The molecule has 1 fully saturated rings. The van der Waals surface area contributed by atoms with Gasteiger partial charge in [0.25, 0.3) is 0 Å². The second kappa shape index (κ2) is 8.71. The van der Waals surface area contributed by atoms with E-state index in [-0.39, 0.29) is 23.9 Å². The van der Waals surface area contributed by atoms with Crippen LogP contribution in [0.1, 0.15) is 11.4 Å². The summed E-state index contributed by atoms with van der Waals surface area (Å²) in [6, 6.07) is 2.65. The van der Waals surface area contributed by atoms with Crippen molar-refractivity contribution in [2.24, 2.45) is 0 Å². The van der Waals surface area contributed by atoms with Crippen molar-refractivity contribution < 1.29 is 26.7 Å². The van der Waals surface area contributed by atoms with Crippen LogP contribution in [-0.4, -0.2) is 56.8 Å². The van der Waals surface area contributed by atoms with Crippen molar-refractivity contribution in [3.63, 3.8) is 0 Å². The molecule has 9 nitrogen and oxygen atoms in total. The summed E-state index contributed by atoms with van der Waals surface area (Å²) >= 11 is 0. The monoisotopic (exact) mass is 415 g/mol. The molecule has 152 valence electrons. The van der Waals surface area contributed by atoms with Crippen molar-refractivity contribution in [3.8, 4) is 6.01 Å². The predicted molar refractivity (Wildman–Crippen MR) is 95.2 cm³/mol. The van der Waals surface area contributed by atoms with E-state index >= 15 is 0 Å². The fourth-order valence-corrected chi connectivity index (χ4v) is 3.66. The minimum absolute atomic E-state index is 0.00719. The van der Waals surface area contributed by atoms with Crippen LogP contribution >= 0.6 is 0 Å². The maximum Gasteiger partial charge on any atom is 0.321 e. The molecule has 0 amide bonds. The molecule has 0 spiro atoms. The number of aromatic nitrogens is 3. The number of ether oxygens (including phenoxy) is 2. The molecule has 0 unspecified atom stereocenters. The van der Waals surface area contributed by atoms with Crippen molar-refractivity contribution >= 4 is 16.0 Å². The number of hydrogen-bond donors (Lipinski definition) is 1. The first-order chi connectivity index (χ1) is 13.3. The van der Waals surface area contributed by atoms with Gasteiger partial charge in [0, 0.05) is 19.2 Å². The number of rotatable bonds is 7. The second-order valence-electron chi connectivity index (χ2n) is 6.00. The van der Waals surface area contributed by atoms with Crippen LogP contribution in [0.3, 0.4) is 0 Å². The van der Waals surface area contributed by atoms with Crippen molar-refractivity contribution in [1.82, 2.24) is 19.7 Å². The lowest BCUT2D eigenvalue weighted by atomic mass is 10.2. The summed E-state index contributed by atoms with van der Waals surface area (Å²) in [5.41, 5.74) is -0.00719. The van der Waals surface area contributed by atoms with E-state index in [0.717, 1.165) is 12.1 Å². The third-order valence-electron chi connectivity index (χ3n) is 3.86. The third kappa shape index (κ3) is 5.53. The van der Waals surface area contributed by atoms with Crippen LogP contribution in [-0.2, 0) is 27.1 Å². The molecule has 0 atom stereocenters. The van der Waals surface area contributed by atoms with Gasteiger partial charge in [0.15, 0.2) is 5.82 Å². The molecular formula is C16H19F2N5O4S. The zero-order chi connectivity index (χ0) is 20.1. The Bertz CT molecular complexity index is 918. The maximum absolute atomic E-state index is 13.2. The summed E-state index contributed by atoms with van der Waals surface area (Å²) in [7, 11) is -2.49. The summed E-state index contributed by atoms with van der Waals surface area (Å²) < 4.78 is 63.7. The Hall–Kier alpha value is -2.44. The smallest absolute Gasteiger partial charge is 0.321 e. The molecule has 1 aliphatic rings. The van der Waals surface area contributed by atoms with Gasteiger partial charge in [0.1, 0.15) is 11.6 Å². The summed E-state index contributed by atoms with van der Waals surface area (Å²) in [6.45, 7) is 2.00. The predicted octanol–water partition coefficient (Wildman–Crippen LogP) is 0.615. The van der Waals surface area contributed by atoms with Crippen LogP contribution in [0.2, 0.25) is 0 Å². The highest BCUT2D eigenvalue weighted by Gasteiger charge is 2.19. The van der Waals surface area contributed by atoms with E-state index in [2.05, 4.69) is 19.7 Å². The van der Waals surface area contributed by atoms with Gasteiger partial charge in [-0.2, -0.15) is 15.0 Å². The SMILES string of the molecule is COc1nc(CNS(=O)(=O)Cc2cc(F)cc(F)c2)nc(N2CCOCC2)n1. The molecule has 0 bridgehead atoms. The molecule has 1 N–H and O–H groups in total. The van der Waals surface area contributed by atoms with Gasteiger partial charge in [0.2, 0.25) is 16.0 Å². The zero-order valence-corrected chi connectivity index (χ0v) is 15.9. The molecule has 0 radical (unpaired) electrons. The average molecular weight is 415 g/mol. The Morgan fingerprint density at radius 3 is 2.46 bits per heavy atom. The van der Waals surface area contributed by atoms with Crippen LogP contribution in [0.15, 0.2) is 18.2 Å². The minimum Gasteiger partial charge on any atom is -0.467 e. The van der Waals surface area contributed by atoms with Gasteiger partial charge < -0.3 is 14.4 Å². The van der Waals surface area contributed by atoms with Gasteiger partial charge >= 0.3 is 6.01 Å². The lowest BCUT2D eigenvalue weighted by molar-refractivity contribution is 0.122. The molecular weight excluding hydrogens is 396 g/mol. The van der Waals surface area contributed by atoms with Crippen LogP contribution in [0.5, 0.6) is 6.01 Å². The number of methoxy groups -OCH3 is 1. The van der Waals surface area contributed by atoms with Crippen molar-refractivity contribution in [2.75, 3.05) is 38.3 Å². The number of sulfonamides is 1. The number of anilines is 1. The van der Waals surface area contributed by atoms with Gasteiger partial charge in [-0.3, -0.25) is 0 Å². The van der Waals surface area contributed by atoms with E-state index in [1.165, 1.54) is 7.11 Å². The summed E-state index contributed by atoms with van der Waals surface area (Å²) in [4.78, 5) is 14.3. The molecule has 12 heteroatoms. The molecule has 0 saturated carbocycles. The molecule has 2 aromatic rings. The Labute approximate surface area is 160 Å². The highest BCUT2D eigenvalue weighted by Crippen LogP contribution is 2.15. The van der Waals surface area contributed by atoms with E-state index in [9.17, 15) is 17.2 Å². The molecule has 1 aromatic heterocycles. The van der Waals surface area contributed by atoms with E-state index in [1.54, 1.807) is 0 Å². The fourth-order valence-electron chi connectivity index (χ4n) is 2.60. The molecule has 2 heterocycles. The largest absolute Gasteiger partial charge is 0.467 e. The first-order valence-electron chi connectivity index (χ1n) is 8.38. The summed E-state index contributed by atoms with van der Waals surface area (Å²) in [5, 5.41) is 0. The number of nitrogens with one attached hydrogen (secondary N) is 1. The number of benzene rings is 1. The highest BCUT2D eigenvalue weighted by molar-refractivity contribution is 7.88. The van der Waals surface area contributed by atoms with Gasteiger partial charge in [0.05, 0.1) is 32.6 Å². The van der Waals surface area contributed by atoms with Crippen LogP contribution in [0.4, 0.5) is 14.7 Å². The Morgan fingerprint density at radius 2 is 1.82 bits per heavy atom. The molecule has 28 heavy (non-hydrogen) atoms. The lowest BCUT2D eigenvalue weighted by Crippen LogP contribution is -2.37. The third-order valence-corrected chi connectivity index (χ3v) is 5.15. The Morgan fingerprint density at radius 1 is 1.14 bits per heavy atom. The summed E-state index contributed by atoms with van der Waals surface area (Å²) in [6.07, 6.45) is 0. The van der Waals surface area contributed by atoms with Crippen molar-refractivity contribution in [1.29, 1.82) is 0 Å². The number of hydrogen-bond acceptors (Lipinski definition) is 8. The van der Waals surface area contributed by atoms with E-state index in [1.807, 2.05) is 4.90 Å². The molecule has 1 aliphatic heterocycles. The Balaban J connectivity index is 1.71. The fraction of sp³-hybridized carbons (Fsp3) is 0.438. The van der Waals surface area contributed by atoms with Gasteiger partial charge in [-0.25, -0.2) is 21.9 Å². The zero-order valence-electron chi connectivity index (χ0n) is 15.1. The Kier molecular flexibility index (Phi) is 6.31. The number of morpholine rings is 1. The maximum atomic E-state index is 13.2. The first kappa shape index (κ1) is 20.3. The quantitative estimate of drug-likeness (QED) is 0.701. The lowest BCUT2D eigenvalue weighted by Gasteiger charge is -2.26. The second-order valence-corrected chi connectivity index (χ2v) is 7.80. The molecule has 1 aromatic carbocycles. The molecule has 1 saturated heterocycles. The van der Waals surface area contributed by atoms with E-state index in [4.69, 9.17) is 9.47 Å². The van der Waals surface area contributed by atoms with E-state index in [0.29, 0.717) is 38.3 Å². The molecule has 0 aliphatic carbocycles. The first-order valence-corrected chi connectivity index (χ1v) is 10.0. The van der Waals surface area contributed by atoms with Crippen molar-refractivity contribution in [2.45, 2.75) is 12.3 Å². The normalized spacial score (nSPS) is 14.9. The summed E-state index contributed by atoms with van der Waals surface area (Å²) in [5.74, 6) is -1.76. The van der Waals surface area contributed by atoms with Crippen molar-refractivity contribution in [3.05, 3.63) is 41.2 Å². The highest BCUT2D eigenvalue weighted by atomic mass is 32.2. The van der Waals surface area contributed by atoms with Gasteiger partial charge in [-0.1, -0.05) is 0 Å².